The van der Waals surface area contributed by atoms with Crippen molar-refractivity contribution >= 4 is 23.5 Å². The van der Waals surface area contributed by atoms with Gasteiger partial charge in [0.2, 0.25) is 5.91 Å². The van der Waals surface area contributed by atoms with E-state index in [4.69, 9.17) is 9.84 Å². The number of para-hydroxylation sites is 2. The fourth-order valence-electron chi connectivity index (χ4n) is 2.51. The molecule has 2 N–H and O–H groups in total. The highest BCUT2D eigenvalue weighted by atomic mass is 16.5. The van der Waals surface area contributed by atoms with E-state index in [1.807, 2.05) is 6.07 Å². The maximum atomic E-state index is 12.5. The summed E-state index contributed by atoms with van der Waals surface area (Å²) in [6, 6.07) is 7.18. The van der Waals surface area contributed by atoms with Crippen molar-refractivity contribution in [3.8, 4) is 5.75 Å². The van der Waals surface area contributed by atoms with Crippen molar-refractivity contribution in [1.29, 1.82) is 0 Å². The molecule has 0 radical (unpaired) electrons. The molecule has 7 nitrogen and oxygen atoms in total. The van der Waals surface area contributed by atoms with Crippen LogP contribution in [-0.2, 0) is 14.4 Å². The normalized spacial score (nSPS) is 17.0. The largest absolute Gasteiger partial charge is 0.481 e. The topological polar surface area (TPSA) is 95.9 Å². The molecule has 7 heteroatoms. The Morgan fingerprint density at radius 3 is 2.67 bits per heavy atom. The van der Waals surface area contributed by atoms with Crippen LogP contribution in [-0.4, -0.2) is 42.1 Å². The highest BCUT2D eigenvalue weighted by Gasteiger charge is 2.37. The van der Waals surface area contributed by atoms with Crippen LogP contribution in [0.1, 0.15) is 27.2 Å². The molecule has 0 fully saturated rings. The molecule has 0 saturated heterocycles. The molecular weight excluding hydrogens is 312 g/mol. The predicted octanol–water partition coefficient (Wildman–Crippen LogP) is 1.42. The molecule has 1 aromatic rings. The van der Waals surface area contributed by atoms with Crippen LogP contribution in [0.15, 0.2) is 24.3 Å². The number of carbonyl (C=O) groups is 3. The third kappa shape index (κ3) is 3.84. The summed E-state index contributed by atoms with van der Waals surface area (Å²) in [5, 5.41) is 11.3. The summed E-state index contributed by atoms with van der Waals surface area (Å²) in [6.07, 6.45) is -0.760. The van der Waals surface area contributed by atoms with Gasteiger partial charge in [-0.15, -0.1) is 0 Å². The highest BCUT2D eigenvalue weighted by molar-refractivity contribution is 6.00. The number of carboxylic acid groups (broad SMARTS) is 1. The van der Waals surface area contributed by atoms with Crippen molar-refractivity contribution in [2.45, 2.75) is 33.3 Å². The van der Waals surface area contributed by atoms with E-state index in [2.05, 4.69) is 5.32 Å². The van der Waals surface area contributed by atoms with Crippen LogP contribution >= 0.6 is 0 Å². The van der Waals surface area contributed by atoms with E-state index in [0.717, 1.165) is 0 Å². The lowest BCUT2D eigenvalue weighted by molar-refractivity contribution is -0.137. The van der Waals surface area contributed by atoms with Gasteiger partial charge in [-0.05, 0) is 32.9 Å². The minimum absolute atomic E-state index is 0.0572. The van der Waals surface area contributed by atoms with Gasteiger partial charge in [-0.25, -0.2) is 0 Å². The van der Waals surface area contributed by atoms with Crippen molar-refractivity contribution in [2.24, 2.45) is 5.41 Å². The van der Waals surface area contributed by atoms with Gasteiger partial charge in [0.15, 0.2) is 6.10 Å². The van der Waals surface area contributed by atoms with Crippen LogP contribution in [0.4, 0.5) is 5.69 Å². The number of ether oxygens (including phenoxy) is 1. The van der Waals surface area contributed by atoms with E-state index >= 15 is 0 Å². The van der Waals surface area contributed by atoms with Gasteiger partial charge in [0.05, 0.1) is 17.5 Å². The number of hydrogen-bond donors (Lipinski definition) is 2. The lowest BCUT2D eigenvalue weighted by Gasteiger charge is -2.37. The Labute approximate surface area is 140 Å². The summed E-state index contributed by atoms with van der Waals surface area (Å²) < 4.78 is 5.58. The molecule has 1 aromatic carbocycles. The number of fused-ring (bicyclic) bond motifs is 1. The SMILES string of the molecule is CC1Oc2ccccc2N(CC(C)(C)C(=O)NCCC(=O)O)C1=O. The summed E-state index contributed by atoms with van der Waals surface area (Å²) in [6.45, 7) is 5.35. The Balaban J connectivity index is 2.14. The Morgan fingerprint density at radius 2 is 2.00 bits per heavy atom. The van der Waals surface area contributed by atoms with E-state index in [1.54, 1.807) is 43.9 Å². The molecule has 130 valence electrons. The van der Waals surface area contributed by atoms with Crippen molar-refractivity contribution in [3.05, 3.63) is 24.3 Å². The Hall–Kier alpha value is -2.57. The number of rotatable bonds is 6. The van der Waals surface area contributed by atoms with Crippen LogP contribution in [0.25, 0.3) is 0 Å². The number of carboxylic acids is 1. The monoisotopic (exact) mass is 334 g/mol. The second-order valence-electron chi connectivity index (χ2n) is 6.44. The van der Waals surface area contributed by atoms with Crippen molar-refractivity contribution in [2.75, 3.05) is 18.0 Å². The third-order valence-electron chi connectivity index (χ3n) is 3.87. The van der Waals surface area contributed by atoms with Crippen LogP contribution in [0.5, 0.6) is 5.75 Å². The molecule has 1 unspecified atom stereocenters. The summed E-state index contributed by atoms with van der Waals surface area (Å²) >= 11 is 0. The number of aliphatic carboxylic acids is 1. The fourth-order valence-corrected chi connectivity index (χ4v) is 2.51. The molecule has 2 rings (SSSR count). The Kier molecular flexibility index (Phi) is 5.11. The second kappa shape index (κ2) is 6.90. The van der Waals surface area contributed by atoms with Gasteiger partial charge in [-0.1, -0.05) is 12.1 Å². The Morgan fingerprint density at radius 1 is 1.33 bits per heavy atom. The standard InChI is InChI=1S/C17H22N2O5/c1-11-15(22)19(12-6-4-5-7-13(12)24-11)10-17(2,3)16(23)18-9-8-14(20)21/h4-7,11H,8-10H2,1-3H3,(H,18,23)(H,20,21). The molecule has 0 bridgehead atoms. The molecule has 0 saturated carbocycles. The highest BCUT2D eigenvalue weighted by Crippen LogP contribution is 2.35. The fraction of sp³-hybridized carbons (Fsp3) is 0.471. The predicted molar refractivity (Wildman–Crippen MR) is 87.9 cm³/mol. The number of amides is 2. The molecule has 24 heavy (non-hydrogen) atoms. The number of nitrogens with zero attached hydrogens (tertiary/aromatic N) is 1. The molecule has 1 heterocycles. The number of nitrogens with one attached hydrogen (secondary N) is 1. The van der Waals surface area contributed by atoms with Crippen molar-refractivity contribution < 1.29 is 24.2 Å². The Bertz CT molecular complexity index is 656. The first-order chi connectivity index (χ1) is 11.2. The average molecular weight is 334 g/mol. The minimum atomic E-state index is -0.973. The smallest absolute Gasteiger partial charge is 0.305 e. The second-order valence-corrected chi connectivity index (χ2v) is 6.44. The van der Waals surface area contributed by atoms with Gasteiger partial charge < -0.3 is 20.1 Å². The van der Waals surface area contributed by atoms with Gasteiger partial charge in [0.1, 0.15) is 5.75 Å². The van der Waals surface area contributed by atoms with Crippen molar-refractivity contribution in [1.82, 2.24) is 5.32 Å². The summed E-state index contributed by atoms with van der Waals surface area (Å²) in [7, 11) is 0. The maximum Gasteiger partial charge on any atom is 0.305 e. The molecule has 0 spiro atoms. The lowest BCUT2D eigenvalue weighted by Crippen LogP contribution is -2.52. The van der Waals surface area contributed by atoms with Gasteiger partial charge in [0, 0.05) is 13.1 Å². The lowest BCUT2D eigenvalue weighted by atomic mass is 9.90. The molecule has 1 atom stereocenters. The number of anilines is 1. The summed E-state index contributed by atoms with van der Waals surface area (Å²) in [5.74, 6) is -0.876. The van der Waals surface area contributed by atoms with Gasteiger partial charge in [-0.3, -0.25) is 14.4 Å². The maximum absolute atomic E-state index is 12.5. The molecular formula is C17H22N2O5. The first-order valence-electron chi connectivity index (χ1n) is 7.79. The van der Waals surface area contributed by atoms with Crippen LogP contribution in [0.3, 0.4) is 0 Å². The van der Waals surface area contributed by atoms with E-state index in [-0.39, 0.29) is 31.3 Å². The van der Waals surface area contributed by atoms with Crippen LogP contribution < -0.4 is 15.0 Å². The molecule has 2 amide bonds. The van der Waals surface area contributed by atoms with Crippen LogP contribution in [0, 0.1) is 5.41 Å². The van der Waals surface area contributed by atoms with Gasteiger partial charge in [-0.2, -0.15) is 0 Å². The molecule has 0 aliphatic carbocycles. The number of benzene rings is 1. The van der Waals surface area contributed by atoms with E-state index < -0.39 is 17.5 Å². The first kappa shape index (κ1) is 17.8. The van der Waals surface area contributed by atoms with Gasteiger partial charge in [0.25, 0.3) is 5.91 Å². The average Bonchev–Trinajstić information content (AvgIpc) is 2.51. The first-order valence-corrected chi connectivity index (χ1v) is 7.79. The molecule has 1 aliphatic heterocycles. The summed E-state index contributed by atoms with van der Waals surface area (Å²) in [4.78, 5) is 36.9. The van der Waals surface area contributed by atoms with E-state index in [0.29, 0.717) is 11.4 Å². The van der Waals surface area contributed by atoms with Gasteiger partial charge >= 0.3 is 5.97 Å². The zero-order valence-electron chi connectivity index (χ0n) is 14.0. The zero-order valence-corrected chi connectivity index (χ0v) is 14.0. The number of hydrogen-bond acceptors (Lipinski definition) is 4. The van der Waals surface area contributed by atoms with Crippen molar-refractivity contribution in [3.63, 3.8) is 0 Å². The van der Waals surface area contributed by atoms with E-state index in [9.17, 15) is 14.4 Å². The van der Waals surface area contributed by atoms with Crippen LogP contribution in [0.2, 0.25) is 0 Å². The third-order valence-corrected chi connectivity index (χ3v) is 3.87. The minimum Gasteiger partial charge on any atom is -0.481 e. The zero-order chi connectivity index (χ0) is 17.9. The quantitative estimate of drug-likeness (QED) is 0.820. The van der Waals surface area contributed by atoms with E-state index in [1.165, 1.54) is 0 Å². The molecule has 0 aromatic heterocycles. The molecule has 1 aliphatic rings. The number of carbonyl (C=O) groups excluding carboxylic acids is 2. The summed E-state index contributed by atoms with van der Waals surface area (Å²) in [5.41, 5.74) is -0.245.